The van der Waals surface area contributed by atoms with Gasteiger partial charge in [0, 0.05) is 22.1 Å². The summed E-state index contributed by atoms with van der Waals surface area (Å²) < 4.78 is 6.74. The minimum absolute atomic E-state index is 0.854. The number of anilines is 3. The van der Waals surface area contributed by atoms with Crippen molar-refractivity contribution in [1.82, 2.24) is 0 Å². The Bertz CT molecular complexity index is 3110. The van der Waals surface area contributed by atoms with Crippen LogP contribution in [0.3, 0.4) is 0 Å². The lowest BCUT2D eigenvalue weighted by molar-refractivity contribution is 0.669. The average Bonchev–Trinajstić information content (AvgIpc) is 3.69. The first-order chi connectivity index (χ1) is 28.8. The molecule has 0 unspecified atom stereocenters. The number of rotatable bonds is 7. The van der Waals surface area contributed by atoms with Gasteiger partial charge in [-0.05, 0) is 102 Å². The van der Waals surface area contributed by atoms with E-state index in [-0.39, 0.29) is 0 Å². The van der Waals surface area contributed by atoms with Gasteiger partial charge in [0.25, 0.3) is 0 Å². The second-order valence-electron chi connectivity index (χ2n) is 14.8. The first kappa shape index (κ1) is 33.6. The zero-order chi connectivity index (χ0) is 38.4. The topological polar surface area (TPSA) is 16.4 Å². The highest BCUT2D eigenvalue weighted by Crippen LogP contribution is 2.46. The van der Waals surface area contributed by atoms with E-state index in [2.05, 4.69) is 223 Å². The van der Waals surface area contributed by atoms with Crippen LogP contribution in [0.25, 0.3) is 88.0 Å². The molecule has 272 valence electrons. The Morgan fingerprint density at radius 3 is 1.26 bits per heavy atom. The predicted molar refractivity (Wildman–Crippen MR) is 245 cm³/mol. The molecule has 1 aromatic heterocycles. The predicted octanol–water partition coefficient (Wildman–Crippen LogP) is 16.0. The summed E-state index contributed by atoms with van der Waals surface area (Å²) in [7, 11) is 0. The largest absolute Gasteiger partial charge is 0.454 e. The van der Waals surface area contributed by atoms with Crippen LogP contribution in [0.4, 0.5) is 17.1 Å². The van der Waals surface area contributed by atoms with Crippen LogP contribution in [0.5, 0.6) is 0 Å². The van der Waals surface area contributed by atoms with E-state index >= 15 is 0 Å². The molecule has 0 saturated heterocycles. The molecule has 0 fully saturated rings. The van der Waals surface area contributed by atoms with Gasteiger partial charge < -0.3 is 9.32 Å². The fourth-order valence-electron chi connectivity index (χ4n) is 8.84. The number of nitrogens with zero attached hydrogens (tertiary/aromatic N) is 1. The fraction of sp³-hybridized carbons (Fsp3) is 0. The van der Waals surface area contributed by atoms with Gasteiger partial charge in [-0.15, -0.1) is 0 Å². The summed E-state index contributed by atoms with van der Waals surface area (Å²) in [5, 5.41) is 7.11. The first-order valence-corrected chi connectivity index (χ1v) is 19.8. The summed E-state index contributed by atoms with van der Waals surface area (Å²) in [5.41, 5.74) is 14.3. The number of hydrogen-bond donors (Lipinski definition) is 0. The highest BCUT2D eigenvalue weighted by molar-refractivity contribution is 6.11. The normalized spacial score (nSPS) is 11.4. The monoisotopic (exact) mass is 739 g/mol. The molecule has 0 radical (unpaired) electrons. The van der Waals surface area contributed by atoms with Crippen molar-refractivity contribution in [3.05, 3.63) is 224 Å². The van der Waals surface area contributed by atoms with Crippen LogP contribution in [0, 0.1) is 0 Å². The van der Waals surface area contributed by atoms with Crippen LogP contribution in [0.1, 0.15) is 0 Å². The summed E-state index contributed by atoms with van der Waals surface area (Å²) in [6.07, 6.45) is 0. The number of benzene rings is 10. The third kappa shape index (κ3) is 5.74. The SMILES string of the molecule is c1ccc(-c2cccc3cccc(-c4cccc(N(c5cccc(-c6cccc7cccc(-c8ccccc8)c67)c5)c5cccc6c5oc5ccccc56)c4)c23)cc1. The van der Waals surface area contributed by atoms with Crippen molar-refractivity contribution < 1.29 is 4.42 Å². The van der Waals surface area contributed by atoms with Crippen molar-refractivity contribution in [2.45, 2.75) is 0 Å². The van der Waals surface area contributed by atoms with E-state index in [1.807, 2.05) is 6.07 Å². The van der Waals surface area contributed by atoms with Crippen molar-refractivity contribution in [2.24, 2.45) is 0 Å². The third-order valence-corrected chi connectivity index (χ3v) is 11.4. The molecule has 2 heteroatoms. The average molecular weight is 740 g/mol. The lowest BCUT2D eigenvalue weighted by Crippen LogP contribution is -2.10. The van der Waals surface area contributed by atoms with Gasteiger partial charge in [-0.2, -0.15) is 0 Å². The Morgan fingerprint density at radius 2 is 0.724 bits per heavy atom. The molecule has 10 aromatic carbocycles. The lowest BCUT2D eigenvalue weighted by Gasteiger charge is -2.27. The van der Waals surface area contributed by atoms with E-state index in [1.54, 1.807) is 0 Å². The standard InChI is InChI=1S/C56H37NO/c1-3-16-38(17-4-1)46-29-11-20-40-22-13-31-48(54(40)46)42-24-9-26-44(36-42)57(52-34-15-33-51-50-28-7-8-35-53(50)58-56(51)52)45-27-10-25-43(37-45)49-32-14-23-41-21-12-30-47(55(41)49)39-18-5-2-6-19-39/h1-37H. The van der Waals surface area contributed by atoms with Crippen molar-refractivity contribution in [3.8, 4) is 44.5 Å². The molecular formula is C56H37NO. The Morgan fingerprint density at radius 1 is 0.310 bits per heavy atom. The molecule has 0 N–H and O–H groups in total. The van der Waals surface area contributed by atoms with E-state index in [9.17, 15) is 0 Å². The summed E-state index contributed by atoms with van der Waals surface area (Å²) in [6.45, 7) is 0. The minimum atomic E-state index is 0.854. The molecule has 11 aromatic rings. The number of furan rings is 1. The van der Waals surface area contributed by atoms with Gasteiger partial charge in [-0.3, -0.25) is 0 Å². The molecular weight excluding hydrogens is 703 g/mol. The van der Waals surface area contributed by atoms with Crippen LogP contribution < -0.4 is 4.90 Å². The van der Waals surface area contributed by atoms with Crippen LogP contribution in [-0.2, 0) is 0 Å². The Labute approximate surface area is 337 Å². The molecule has 0 spiro atoms. The van der Waals surface area contributed by atoms with Gasteiger partial charge in [0.1, 0.15) is 5.58 Å². The zero-order valence-electron chi connectivity index (χ0n) is 31.7. The number of para-hydroxylation sites is 2. The maximum atomic E-state index is 6.74. The second kappa shape index (κ2) is 14.1. The Hall–Kier alpha value is -7.68. The Kier molecular flexibility index (Phi) is 8.19. The summed E-state index contributed by atoms with van der Waals surface area (Å²) in [6, 6.07) is 80.6. The molecule has 58 heavy (non-hydrogen) atoms. The molecule has 0 aliphatic rings. The van der Waals surface area contributed by atoms with E-state index < -0.39 is 0 Å². The molecule has 0 bridgehead atoms. The quantitative estimate of drug-likeness (QED) is 0.162. The van der Waals surface area contributed by atoms with E-state index in [1.165, 1.54) is 54.9 Å². The molecule has 0 aliphatic carbocycles. The molecule has 2 nitrogen and oxygen atoms in total. The highest BCUT2D eigenvalue weighted by atomic mass is 16.3. The molecule has 0 atom stereocenters. The number of fused-ring (bicyclic) bond motifs is 5. The van der Waals surface area contributed by atoms with Crippen molar-refractivity contribution >= 4 is 60.5 Å². The van der Waals surface area contributed by atoms with E-state index in [0.29, 0.717) is 0 Å². The Balaban J connectivity index is 1.14. The first-order valence-electron chi connectivity index (χ1n) is 19.8. The second-order valence-corrected chi connectivity index (χ2v) is 14.8. The molecule has 0 aliphatic heterocycles. The van der Waals surface area contributed by atoms with E-state index in [4.69, 9.17) is 4.42 Å². The van der Waals surface area contributed by atoms with Gasteiger partial charge in [0.2, 0.25) is 0 Å². The van der Waals surface area contributed by atoms with E-state index in [0.717, 1.165) is 50.1 Å². The van der Waals surface area contributed by atoms with Crippen LogP contribution in [0.2, 0.25) is 0 Å². The lowest BCUT2D eigenvalue weighted by atomic mass is 9.91. The number of hydrogen-bond acceptors (Lipinski definition) is 2. The summed E-state index contributed by atoms with van der Waals surface area (Å²) >= 11 is 0. The van der Waals surface area contributed by atoms with Gasteiger partial charge in [0.05, 0.1) is 5.69 Å². The van der Waals surface area contributed by atoms with Crippen molar-refractivity contribution in [3.63, 3.8) is 0 Å². The molecule has 11 rings (SSSR count). The van der Waals surface area contributed by atoms with Crippen LogP contribution in [0.15, 0.2) is 229 Å². The summed E-state index contributed by atoms with van der Waals surface area (Å²) in [5.74, 6) is 0. The molecule has 1 heterocycles. The van der Waals surface area contributed by atoms with Gasteiger partial charge in [0.15, 0.2) is 5.58 Å². The van der Waals surface area contributed by atoms with Crippen LogP contribution in [-0.4, -0.2) is 0 Å². The minimum Gasteiger partial charge on any atom is -0.454 e. The maximum Gasteiger partial charge on any atom is 0.159 e. The summed E-state index contributed by atoms with van der Waals surface area (Å²) in [4.78, 5) is 2.37. The van der Waals surface area contributed by atoms with Crippen LogP contribution >= 0.6 is 0 Å². The molecule has 0 amide bonds. The molecule has 0 saturated carbocycles. The van der Waals surface area contributed by atoms with Gasteiger partial charge >= 0.3 is 0 Å². The smallest absolute Gasteiger partial charge is 0.159 e. The van der Waals surface area contributed by atoms with Crippen molar-refractivity contribution in [1.29, 1.82) is 0 Å². The third-order valence-electron chi connectivity index (χ3n) is 11.4. The van der Waals surface area contributed by atoms with Gasteiger partial charge in [-0.25, -0.2) is 0 Å². The zero-order valence-corrected chi connectivity index (χ0v) is 31.7. The highest BCUT2D eigenvalue weighted by Gasteiger charge is 2.21. The maximum absolute atomic E-state index is 6.74. The fourth-order valence-corrected chi connectivity index (χ4v) is 8.84. The van der Waals surface area contributed by atoms with Crippen molar-refractivity contribution in [2.75, 3.05) is 4.90 Å². The van der Waals surface area contributed by atoms with Gasteiger partial charge in [-0.1, -0.05) is 188 Å².